The Morgan fingerprint density at radius 1 is 1.00 bits per heavy atom. The zero-order chi connectivity index (χ0) is 26.4. The molecule has 3 fully saturated rings. The molecular formula is C34H50N2O. The number of nitrogens with two attached hydrogens (primary N) is 2. The van der Waals surface area contributed by atoms with Crippen LogP contribution in [0.3, 0.4) is 0 Å². The lowest BCUT2D eigenvalue weighted by Gasteiger charge is -2.59. The van der Waals surface area contributed by atoms with Crippen molar-refractivity contribution in [1.29, 1.82) is 0 Å². The van der Waals surface area contributed by atoms with Crippen LogP contribution in [0.15, 0.2) is 30.4 Å². The molecule has 9 unspecified atom stereocenters. The summed E-state index contributed by atoms with van der Waals surface area (Å²) in [6, 6.07) is 5.61. The van der Waals surface area contributed by atoms with E-state index in [0.717, 1.165) is 36.3 Å². The number of benzene rings is 1. The third-order valence-electron chi connectivity index (χ3n) is 11.5. The quantitative estimate of drug-likeness (QED) is 0.225. The first-order valence-electron chi connectivity index (χ1n) is 15.1. The van der Waals surface area contributed by atoms with E-state index >= 15 is 0 Å². The summed E-state index contributed by atoms with van der Waals surface area (Å²) in [5.74, 6) is 8.85. The van der Waals surface area contributed by atoms with Crippen molar-refractivity contribution in [2.45, 2.75) is 98.0 Å². The van der Waals surface area contributed by atoms with Crippen molar-refractivity contribution >= 4 is 11.4 Å². The van der Waals surface area contributed by atoms with E-state index in [0.29, 0.717) is 45.9 Å². The van der Waals surface area contributed by atoms with Crippen molar-refractivity contribution in [2.75, 3.05) is 11.5 Å². The van der Waals surface area contributed by atoms with Gasteiger partial charge in [0.1, 0.15) is 5.75 Å². The maximum atomic E-state index is 6.42. The van der Waals surface area contributed by atoms with Crippen LogP contribution in [-0.2, 0) is 0 Å². The van der Waals surface area contributed by atoms with E-state index in [9.17, 15) is 0 Å². The van der Waals surface area contributed by atoms with E-state index in [1.54, 1.807) is 6.07 Å². The molecule has 202 valence electrons. The summed E-state index contributed by atoms with van der Waals surface area (Å²) in [7, 11) is 0. The number of anilines is 2. The molecule has 0 aliphatic heterocycles. The molecule has 0 spiro atoms. The average Bonchev–Trinajstić information content (AvgIpc) is 3.20. The molecular weight excluding hydrogens is 452 g/mol. The number of terminal acetylenes is 1. The highest BCUT2D eigenvalue weighted by Crippen LogP contribution is 2.67. The van der Waals surface area contributed by atoms with Gasteiger partial charge in [-0.25, -0.2) is 0 Å². The van der Waals surface area contributed by atoms with Crippen molar-refractivity contribution < 1.29 is 4.74 Å². The van der Waals surface area contributed by atoms with E-state index in [4.69, 9.17) is 22.6 Å². The van der Waals surface area contributed by atoms with Gasteiger partial charge in [-0.2, -0.15) is 0 Å². The third-order valence-corrected chi connectivity index (χ3v) is 11.5. The van der Waals surface area contributed by atoms with Gasteiger partial charge in [0.15, 0.2) is 0 Å². The molecule has 5 rings (SSSR count). The van der Waals surface area contributed by atoms with Gasteiger partial charge in [-0.3, -0.25) is 0 Å². The highest BCUT2D eigenvalue weighted by molar-refractivity contribution is 5.60. The summed E-state index contributed by atoms with van der Waals surface area (Å²) in [5, 5.41) is 0. The Morgan fingerprint density at radius 2 is 1.76 bits per heavy atom. The number of fused-ring (bicyclic) bond motifs is 5. The van der Waals surface area contributed by atoms with Gasteiger partial charge in [-0.1, -0.05) is 52.7 Å². The van der Waals surface area contributed by atoms with Crippen LogP contribution in [0, 0.1) is 64.6 Å². The van der Waals surface area contributed by atoms with E-state index in [-0.39, 0.29) is 6.10 Å². The Balaban J connectivity index is 1.29. The molecule has 0 aromatic heterocycles. The van der Waals surface area contributed by atoms with Crippen molar-refractivity contribution in [3.8, 4) is 18.1 Å². The fourth-order valence-electron chi connectivity index (χ4n) is 9.39. The number of hydrogen-bond donors (Lipinski definition) is 2. The fourth-order valence-corrected chi connectivity index (χ4v) is 9.39. The Hall–Kier alpha value is -2.08. The summed E-state index contributed by atoms with van der Waals surface area (Å²) in [6.07, 6.45) is 24.2. The Labute approximate surface area is 226 Å². The van der Waals surface area contributed by atoms with Crippen LogP contribution in [-0.4, -0.2) is 6.10 Å². The molecule has 3 nitrogen and oxygen atoms in total. The Bertz CT molecular complexity index is 1040. The van der Waals surface area contributed by atoms with Gasteiger partial charge in [0.2, 0.25) is 0 Å². The molecule has 1 aromatic carbocycles. The lowest BCUT2D eigenvalue weighted by atomic mass is 9.46. The highest BCUT2D eigenvalue weighted by Gasteiger charge is 2.59. The SMILES string of the molecule is C#CC(CCCC(C)C)C1CCC2C3C=CC4CC(Oc5ccc(N)cc5N)CCC4(C)C3CCC12C. The minimum atomic E-state index is 0.220. The van der Waals surface area contributed by atoms with Crippen molar-refractivity contribution in [3.05, 3.63) is 30.4 Å². The minimum absolute atomic E-state index is 0.220. The first kappa shape index (κ1) is 26.5. The Kier molecular flexibility index (Phi) is 7.34. The van der Waals surface area contributed by atoms with Crippen LogP contribution in [0.4, 0.5) is 11.4 Å². The third kappa shape index (κ3) is 4.79. The molecule has 0 radical (unpaired) electrons. The first-order valence-corrected chi connectivity index (χ1v) is 15.1. The predicted molar refractivity (Wildman–Crippen MR) is 156 cm³/mol. The normalized spacial score (nSPS) is 39.4. The number of hydrogen-bond acceptors (Lipinski definition) is 3. The molecule has 4 aliphatic rings. The molecule has 0 bridgehead atoms. The topological polar surface area (TPSA) is 61.3 Å². The second-order valence-corrected chi connectivity index (χ2v) is 13.9. The van der Waals surface area contributed by atoms with E-state index in [1.807, 2.05) is 12.1 Å². The molecule has 4 aliphatic carbocycles. The molecule has 4 N–H and O–H groups in total. The highest BCUT2D eigenvalue weighted by atomic mass is 16.5. The van der Waals surface area contributed by atoms with Crippen LogP contribution < -0.4 is 16.2 Å². The summed E-state index contributed by atoms with van der Waals surface area (Å²) in [5.41, 5.74) is 14.2. The average molecular weight is 503 g/mol. The number of allylic oxidation sites excluding steroid dienone is 2. The zero-order valence-corrected chi connectivity index (χ0v) is 23.7. The van der Waals surface area contributed by atoms with Crippen LogP contribution in [0.25, 0.3) is 0 Å². The molecule has 1 aromatic rings. The largest absolute Gasteiger partial charge is 0.488 e. The molecule has 0 amide bonds. The number of ether oxygens (including phenoxy) is 1. The second kappa shape index (κ2) is 10.2. The fraction of sp³-hybridized carbons (Fsp3) is 0.706. The van der Waals surface area contributed by atoms with Gasteiger partial charge in [0, 0.05) is 11.6 Å². The lowest BCUT2D eigenvalue weighted by molar-refractivity contribution is -0.0768. The summed E-state index contributed by atoms with van der Waals surface area (Å²) in [4.78, 5) is 0. The van der Waals surface area contributed by atoms with Gasteiger partial charge < -0.3 is 16.2 Å². The van der Waals surface area contributed by atoms with Crippen LogP contribution >= 0.6 is 0 Å². The van der Waals surface area contributed by atoms with Crippen molar-refractivity contribution in [3.63, 3.8) is 0 Å². The predicted octanol–water partition coefficient (Wildman–Crippen LogP) is 8.11. The summed E-state index contributed by atoms with van der Waals surface area (Å²) in [6.45, 7) is 9.87. The van der Waals surface area contributed by atoms with Gasteiger partial charge in [-0.15, -0.1) is 12.3 Å². The molecule has 3 heteroatoms. The number of nitrogen functional groups attached to an aromatic ring is 2. The standard InChI is InChI=1S/C34H50N2O/c1-6-23(9-7-8-22(2)3)28-13-14-29-27-12-10-24-20-26(37-32-15-11-25(35)21-31(32)36)16-18-33(24,4)30(27)17-19-34(28,29)5/h1,10-12,15,21-24,26-30H,7-9,13-14,16-20,35-36H2,2-5H3. The second-order valence-electron chi connectivity index (χ2n) is 13.9. The van der Waals surface area contributed by atoms with Gasteiger partial charge >= 0.3 is 0 Å². The summed E-state index contributed by atoms with van der Waals surface area (Å²) < 4.78 is 6.42. The maximum absolute atomic E-state index is 6.42. The maximum Gasteiger partial charge on any atom is 0.142 e. The van der Waals surface area contributed by atoms with E-state index < -0.39 is 0 Å². The molecule has 0 saturated heterocycles. The molecule has 9 atom stereocenters. The zero-order valence-electron chi connectivity index (χ0n) is 23.7. The van der Waals surface area contributed by atoms with Crippen molar-refractivity contribution in [2.24, 2.45) is 52.3 Å². The van der Waals surface area contributed by atoms with Crippen molar-refractivity contribution in [1.82, 2.24) is 0 Å². The van der Waals surface area contributed by atoms with Crippen LogP contribution in [0.5, 0.6) is 5.75 Å². The Morgan fingerprint density at radius 3 is 2.49 bits per heavy atom. The monoisotopic (exact) mass is 502 g/mol. The van der Waals surface area contributed by atoms with Gasteiger partial charge in [0.25, 0.3) is 0 Å². The van der Waals surface area contributed by atoms with E-state index in [2.05, 4.69) is 45.8 Å². The lowest BCUT2D eigenvalue weighted by Crippen LogP contribution is -2.52. The first-order chi connectivity index (χ1) is 17.7. The summed E-state index contributed by atoms with van der Waals surface area (Å²) >= 11 is 0. The molecule has 37 heavy (non-hydrogen) atoms. The van der Waals surface area contributed by atoms with Gasteiger partial charge in [-0.05, 0) is 116 Å². The van der Waals surface area contributed by atoms with Crippen LogP contribution in [0.1, 0.15) is 91.9 Å². The molecule has 3 saturated carbocycles. The van der Waals surface area contributed by atoms with E-state index in [1.165, 1.54) is 51.4 Å². The smallest absolute Gasteiger partial charge is 0.142 e. The van der Waals surface area contributed by atoms with Crippen LogP contribution in [0.2, 0.25) is 0 Å². The minimum Gasteiger partial charge on any atom is -0.488 e. The van der Waals surface area contributed by atoms with Gasteiger partial charge in [0.05, 0.1) is 11.8 Å². The number of rotatable bonds is 7. The molecule has 0 heterocycles.